The van der Waals surface area contributed by atoms with E-state index in [1.165, 1.54) is 32.1 Å². The summed E-state index contributed by atoms with van der Waals surface area (Å²) in [5.74, 6) is 4.78. The van der Waals surface area contributed by atoms with E-state index in [1.54, 1.807) is 0 Å². The lowest BCUT2D eigenvalue weighted by Crippen LogP contribution is -2.40. The molecule has 1 aromatic rings. The monoisotopic (exact) mass is 460 g/mol. The number of aliphatic imine (C=N–C) groups is 1. The Hall–Kier alpha value is -0.860. The number of aryl methyl sites for hydroxylation is 1. The third kappa shape index (κ3) is 5.31. The highest BCUT2D eigenvalue weighted by Crippen LogP contribution is 2.23. The molecule has 2 aliphatic heterocycles. The standard InChI is InChI=1S/C18H32N6.HI/c1-14(2)11-15-8-10-23(13-15)18(19-3)20-12-17-22-21-16-7-5-4-6-9-24(16)17;/h14-15H,4-13H2,1-3H3,(H,19,20);1H. The predicted molar refractivity (Wildman–Crippen MR) is 112 cm³/mol. The summed E-state index contributed by atoms with van der Waals surface area (Å²) in [5, 5.41) is 12.3. The highest BCUT2D eigenvalue weighted by molar-refractivity contribution is 14.0. The number of halogens is 1. The number of nitrogens with zero attached hydrogens (tertiary/aromatic N) is 5. The average molecular weight is 460 g/mol. The Kier molecular flexibility index (Phi) is 7.96. The number of nitrogens with one attached hydrogen (secondary N) is 1. The molecule has 0 spiro atoms. The van der Waals surface area contributed by atoms with E-state index in [0.29, 0.717) is 6.54 Å². The minimum absolute atomic E-state index is 0. The molecule has 0 bridgehead atoms. The molecular formula is C18H33IN6. The van der Waals surface area contributed by atoms with Crippen molar-refractivity contribution in [2.24, 2.45) is 16.8 Å². The number of fused-ring (bicyclic) bond motifs is 1. The summed E-state index contributed by atoms with van der Waals surface area (Å²) in [5.41, 5.74) is 0. The molecule has 7 heteroatoms. The van der Waals surface area contributed by atoms with Crippen LogP contribution in [-0.4, -0.2) is 45.8 Å². The Labute approximate surface area is 168 Å². The van der Waals surface area contributed by atoms with Gasteiger partial charge in [0, 0.05) is 33.1 Å². The largest absolute Gasteiger partial charge is 0.349 e. The van der Waals surface area contributed by atoms with Gasteiger partial charge >= 0.3 is 0 Å². The summed E-state index contributed by atoms with van der Waals surface area (Å²) < 4.78 is 2.30. The van der Waals surface area contributed by atoms with Gasteiger partial charge in [0.25, 0.3) is 0 Å². The molecule has 6 nitrogen and oxygen atoms in total. The van der Waals surface area contributed by atoms with Crippen LogP contribution in [-0.2, 0) is 19.5 Å². The van der Waals surface area contributed by atoms with Gasteiger partial charge in [-0.15, -0.1) is 34.2 Å². The molecular weight excluding hydrogens is 427 g/mol. The van der Waals surface area contributed by atoms with Crippen molar-refractivity contribution in [3.05, 3.63) is 11.6 Å². The van der Waals surface area contributed by atoms with Crippen LogP contribution in [0.25, 0.3) is 0 Å². The molecule has 25 heavy (non-hydrogen) atoms. The maximum absolute atomic E-state index is 4.49. The van der Waals surface area contributed by atoms with E-state index in [4.69, 9.17) is 0 Å². The third-order valence-electron chi connectivity index (χ3n) is 5.19. The lowest BCUT2D eigenvalue weighted by Gasteiger charge is -2.22. The van der Waals surface area contributed by atoms with Gasteiger partial charge in [-0.1, -0.05) is 20.3 Å². The molecule has 0 amide bonds. The molecule has 3 rings (SSSR count). The van der Waals surface area contributed by atoms with Crippen molar-refractivity contribution in [2.45, 2.75) is 65.5 Å². The minimum Gasteiger partial charge on any atom is -0.349 e. The Bertz CT molecular complexity index is 568. The predicted octanol–water partition coefficient (Wildman–Crippen LogP) is 3.07. The topological polar surface area (TPSA) is 58.3 Å². The minimum atomic E-state index is 0. The van der Waals surface area contributed by atoms with Crippen LogP contribution in [0.5, 0.6) is 0 Å². The van der Waals surface area contributed by atoms with E-state index in [9.17, 15) is 0 Å². The first-order chi connectivity index (χ1) is 11.7. The molecule has 0 aromatic carbocycles. The number of aromatic nitrogens is 3. The fraction of sp³-hybridized carbons (Fsp3) is 0.833. The van der Waals surface area contributed by atoms with Gasteiger partial charge in [0.1, 0.15) is 5.82 Å². The second kappa shape index (κ2) is 9.73. The van der Waals surface area contributed by atoms with Gasteiger partial charge in [0.2, 0.25) is 0 Å². The molecule has 2 aliphatic rings. The zero-order valence-corrected chi connectivity index (χ0v) is 18.2. The van der Waals surface area contributed by atoms with Gasteiger partial charge in [0.05, 0.1) is 6.54 Å². The van der Waals surface area contributed by atoms with Crippen molar-refractivity contribution in [3.63, 3.8) is 0 Å². The highest BCUT2D eigenvalue weighted by atomic mass is 127. The number of hydrogen-bond acceptors (Lipinski definition) is 3. The second-order valence-electron chi connectivity index (χ2n) is 7.63. The van der Waals surface area contributed by atoms with Crippen LogP contribution in [0.4, 0.5) is 0 Å². The molecule has 3 heterocycles. The van der Waals surface area contributed by atoms with E-state index in [2.05, 4.69) is 43.8 Å². The summed E-state index contributed by atoms with van der Waals surface area (Å²) in [6, 6.07) is 0. The molecule has 0 aliphatic carbocycles. The van der Waals surface area contributed by atoms with Crippen LogP contribution in [0.1, 0.15) is 57.6 Å². The van der Waals surface area contributed by atoms with Crippen molar-refractivity contribution >= 4 is 29.9 Å². The van der Waals surface area contributed by atoms with Crippen LogP contribution in [0.2, 0.25) is 0 Å². The van der Waals surface area contributed by atoms with E-state index in [0.717, 1.165) is 55.5 Å². The van der Waals surface area contributed by atoms with E-state index in [-0.39, 0.29) is 24.0 Å². The van der Waals surface area contributed by atoms with Crippen LogP contribution in [0, 0.1) is 11.8 Å². The molecule has 1 atom stereocenters. The average Bonchev–Trinajstić information content (AvgIpc) is 3.08. The molecule has 1 saturated heterocycles. The SMILES string of the molecule is CN=C(NCc1nnc2n1CCCCC2)N1CCC(CC(C)C)C1.I. The van der Waals surface area contributed by atoms with Crippen LogP contribution >= 0.6 is 24.0 Å². The van der Waals surface area contributed by atoms with Crippen molar-refractivity contribution in [2.75, 3.05) is 20.1 Å². The van der Waals surface area contributed by atoms with Crippen molar-refractivity contribution in [3.8, 4) is 0 Å². The molecule has 1 unspecified atom stereocenters. The quantitative estimate of drug-likeness (QED) is 0.427. The molecule has 142 valence electrons. The first-order valence-electron chi connectivity index (χ1n) is 9.54. The Balaban J connectivity index is 0.00000225. The molecule has 0 saturated carbocycles. The van der Waals surface area contributed by atoms with E-state index < -0.39 is 0 Å². The van der Waals surface area contributed by atoms with Gasteiger partial charge in [-0.3, -0.25) is 4.99 Å². The fourth-order valence-corrected chi connectivity index (χ4v) is 4.05. The summed E-state index contributed by atoms with van der Waals surface area (Å²) >= 11 is 0. The first-order valence-corrected chi connectivity index (χ1v) is 9.54. The summed E-state index contributed by atoms with van der Waals surface area (Å²) in [6.45, 7) is 8.62. The van der Waals surface area contributed by atoms with E-state index >= 15 is 0 Å². The summed E-state index contributed by atoms with van der Waals surface area (Å²) in [4.78, 5) is 6.88. The number of likely N-dealkylation sites (tertiary alicyclic amines) is 1. The molecule has 1 fully saturated rings. The van der Waals surface area contributed by atoms with Gasteiger partial charge in [-0.25, -0.2) is 0 Å². The fourth-order valence-electron chi connectivity index (χ4n) is 4.05. The third-order valence-corrected chi connectivity index (χ3v) is 5.19. The second-order valence-corrected chi connectivity index (χ2v) is 7.63. The Morgan fingerprint density at radius 1 is 1.24 bits per heavy atom. The van der Waals surface area contributed by atoms with Crippen molar-refractivity contribution < 1.29 is 0 Å². The molecule has 1 aromatic heterocycles. The lowest BCUT2D eigenvalue weighted by atomic mass is 9.97. The lowest BCUT2D eigenvalue weighted by molar-refractivity contribution is 0.403. The summed E-state index contributed by atoms with van der Waals surface area (Å²) in [6.07, 6.45) is 7.41. The maximum atomic E-state index is 4.49. The van der Waals surface area contributed by atoms with Gasteiger partial charge in [0.15, 0.2) is 11.8 Å². The maximum Gasteiger partial charge on any atom is 0.194 e. The zero-order chi connectivity index (χ0) is 16.9. The van der Waals surface area contributed by atoms with E-state index in [1.807, 2.05) is 7.05 Å². The van der Waals surface area contributed by atoms with Crippen molar-refractivity contribution in [1.82, 2.24) is 25.0 Å². The Morgan fingerprint density at radius 3 is 2.84 bits per heavy atom. The highest BCUT2D eigenvalue weighted by Gasteiger charge is 2.25. The first kappa shape index (κ1) is 20.5. The number of hydrogen-bond donors (Lipinski definition) is 1. The van der Waals surface area contributed by atoms with Gasteiger partial charge < -0.3 is 14.8 Å². The number of guanidine groups is 1. The summed E-state index contributed by atoms with van der Waals surface area (Å²) in [7, 11) is 1.88. The van der Waals surface area contributed by atoms with Gasteiger partial charge in [-0.2, -0.15) is 0 Å². The number of rotatable bonds is 4. The smallest absolute Gasteiger partial charge is 0.194 e. The zero-order valence-electron chi connectivity index (χ0n) is 15.9. The molecule has 0 radical (unpaired) electrons. The Morgan fingerprint density at radius 2 is 2.08 bits per heavy atom. The molecule has 1 N–H and O–H groups in total. The van der Waals surface area contributed by atoms with Crippen LogP contribution in [0.15, 0.2) is 4.99 Å². The van der Waals surface area contributed by atoms with Crippen LogP contribution < -0.4 is 5.32 Å². The van der Waals surface area contributed by atoms with Crippen LogP contribution in [0.3, 0.4) is 0 Å². The normalized spacial score (nSPS) is 21.0. The van der Waals surface area contributed by atoms with Crippen molar-refractivity contribution in [1.29, 1.82) is 0 Å². The van der Waals surface area contributed by atoms with Gasteiger partial charge in [-0.05, 0) is 37.5 Å².